The molecule has 0 aliphatic carbocycles. The van der Waals surface area contributed by atoms with Crippen molar-refractivity contribution in [2.24, 2.45) is 0 Å². The highest BCUT2D eigenvalue weighted by Gasteiger charge is 2.12. The van der Waals surface area contributed by atoms with E-state index < -0.39 is 10.8 Å². The first-order chi connectivity index (χ1) is 11.5. The monoisotopic (exact) mass is 334 g/mol. The molecule has 0 aliphatic heterocycles. The summed E-state index contributed by atoms with van der Waals surface area (Å²) in [5.74, 6) is -0.208. The third kappa shape index (κ3) is 5.58. The maximum absolute atomic E-state index is 11.9. The summed E-state index contributed by atoms with van der Waals surface area (Å²) in [6.07, 6.45) is 1.79. The van der Waals surface area contributed by atoms with Crippen LogP contribution in [0.15, 0.2) is 30.0 Å². The van der Waals surface area contributed by atoms with Gasteiger partial charge in [-0.1, -0.05) is 0 Å². The van der Waals surface area contributed by atoms with Gasteiger partial charge in [-0.25, -0.2) is 0 Å². The number of hydrogen-bond acceptors (Lipinski definition) is 7. The highest BCUT2D eigenvalue weighted by atomic mass is 16.6. The Bertz CT molecular complexity index is 666. The van der Waals surface area contributed by atoms with Crippen molar-refractivity contribution in [2.45, 2.75) is 6.42 Å². The average molecular weight is 334 g/mol. The summed E-state index contributed by atoms with van der Waals surface area (Å²) in [7, 11) is 2.96. The molecule has 1 rings (SSSR count). The first-order valence-electron chi connectivity index (χ1n) is 6.99. The maximum Gasteiger partial charge on any atom is 0.271 e. The minimum atomic E-state index is -0.554. The molecule has 0 aromatic heterocycles. The first kappa shape index (κ1) is 18.9. The number of hydrogen-bond donors (Lipinski definition) is 2. The number of rotatable bonds is 9. The molecule has 1 amide bonds. The van der Waals surface area contributed by atoms with E-state index in [0.717, 1.165) is 0 Å². The fourth-order valence-electron chi connectivity index (χ4n) is 1.73. The minimum absolute atomic E-state index is 0.144. The summed E-state index contributed by atoms with van der Waals surface area (Å²) in [4.78, 5) is 22.1. The Morgan fingerprint density at radius 3 is 2.79 bits per heavy atom. The van der Waals surface area contributed by atoms with Gasteiger partial charge in [-0.3, -0.25) is 14.9 Å². The van der Waals surface area contributed by atoms with E-state index in [-0.39, 0.29) is 16.9 Å². The van der Waals surface area contributed by atoms with Crippen LogP contribution in [0, 0.1) is 21.4 Å². The fraction of sp³-hybridized carbons (Fsp3) is 0.333. The maximum atomic E-state index is 11.9. The van der Waals surface area contributed by atoms with Crippen molar-refractivity contribution in [1.82, 2.24) is 5.32 Å². The summed E-state index contributed by atoms with van der Waals surface area (Å²) >= 11 is 0. The molecule has 24 heavy (non-hydrogen) atoms. The zero-order valence-electron chi connectivity index (χ0n) is 13.4. The highest BCUT2D eigenvalue weighted by Crippen LogP contribution is 2.28. The number of benzene rings is 1. The van der Waals surface area contributed by atoms with E-state index in [2.05, 4.69) is 10.6 Å². The Morgan fingerprint density at radius 1 is 1.46 bits per heavy atom. The Morgan fingerprint density at radius 2 is 2.21 bits per heavy atom. The van der Waals surface area contributed by atoms with E-state index in [9.17, 15) is 14.9 Å². The quantitative estimate of drug-likeness (QED) is 0.231. The molecule has 1 aromatic carbocycles. The van der Waals surface area contributed by atoms with Gasteiger partial charge in [0.05, 0.1) is 17.7 Å². The molecule has 0 aliphatic rings. The van der Waals surface area contributed by atoms with Crippen molar-refractivity contribution in [1.29, 1.82) is 5.26 Å². The third-order valence-electron chi connectivity index (χ3n) is 2.94. The molecule has 128 valence electrons. The summed E-state index contributed by atoms with van der Waals surface area (Å²) in [5, 5.41) is 25.2. The number of nitrogens with one attached hydrogen (secondary N) is 2. The normalized spacial score (nSPS) is 10.6. The van der Waals surface area contributed by atoms with Crippen molar-refractivity contribution in [3.63, 3.8) is 0 Å². The number of amides is 1. The molecular formula is C15H18N4O5. The van der Waals surface area contributed by atoms with Crippen LogP contribution in [0.1, 0.15) is 6.42 Å². The zero-order chi connectivity index (χ0) is 17.9. The predicted molar refractivity (Wildman–Crippen MR) is 86.5 cm³/mol. The number of nitrogens with zero attached hydrogens (tertiary/aromatic N) is 2. The standard InChI is InChI=1S/C15H18N4O5/c1-23-7-3-6-17-15(20)11(9-16)10-18-13-8-12(19(21)22)4-5-14(13)24-2/h4-5,8,10,18H,3,6-7H2,1-2H3,(H,17,20)/b11-10-. The van der Waals surface area contributed by atoms with Crippen molar-refractivity contribution >= 4 is 17.3 Å². The topological polar surface area (TPSA) is 127 Å². The molecule has 0 spiro atoms. The fourth-order valence-corrected chi connectivity index (χ4v) is 1.73. The predicted octanol–water partition coefficient (Wildman–Crippen LogP) is 1.58. The van der Waals surface area contributed by atoms with Crippen molar-refractivity contribution in [2.75, 3.05) is 32.7 Å². The lowest BCUT2D eigenvalue weighted by molar-refractivity contribution is -0.384. The van der Waals surface area contributed by atoms with Crippen LogP contribution in [0.5, 0.6) is 5.75 Å². The number of nitro groups is 1. The lowest BCUT2D eigenvalue weighted by Gasteiger charge is -2.08. The van der Waals surface area contributed by atoms with E-state index in [1.165, 1.54) is 31.5 Å². The molecule has 0 fully saturated rings. The van der Waals surface area contributed by atoms with Gasteiger partial charge >= 0.3 is 0 Å². The molecule has 2 N–H and O–H groups in total. The van der Waals surface area contributed by atoms with Gasteiger partial charge in [0.25, 0.3) is 11.6 Å². The van der Waals surface area contributed by atoms with Crippen molar-refractivity contribution in [3.8, 4) is 11.8 Å². The molecule has 0 radical (unpaired) electrons. The summed E-state index contributed by atoms with van der Waals surface area (Å²) in [5.41, 5.74) is -0.0400. The lowest BCUT2D eigenvalue weighted by Crippen LogP contribution is -2.26. The van der Waals surface area contributed by atoms with Gasteiger partial charge in [0.2, 0.25) is 0 Å². The zero-order valence-corrected chi connectivity index (χ0v) is 13.4. The smallest absolute Gasteiger partial charge is 0.271 e. The first-order valence-corrected chi connectivity index (χ1v) is 6.99. The van der Waals surface area contributed by atoms with Gasteiger partial charge in [0.1, 0.15) is 17.4 Å². The molecule has 0 heterocycles. The SMILES string of the molecule is COCCCNC(=O)/C(C#N)=C\Nc1cc([N+](=O)[O-])ccc1OC. The molecule has 0 atom stereocenters. The van der Waals surface area contributed by atoms with Crippen LogP contribution in [0.25, 0.3) is 0 Å². The summed E-state index contributed by atoms with van der Waals surface area (Å²) in [6.45, 7) is 0.862. The van der Waals surface area contributed by atoms with Gasteiger partial charge in [-0.2, -0.15) is 5.26 Å². The van der Waals surface area contributed by atoms with Gasteiger partial charge in [-0.05, 0) is 12.5 Å². The van der Waals surface area contributed by atoms with Crippen molar-refractivity contribution in [3.05, 3.63) is 40.1 Å². The minimum Gasteiger partial charge on any atom is -0.495 e. The van der Waals surface area contributed by atoms with Gasteiger partial charge < -0.3 is 20.1 Å². The molecule has 0 unspecified atom stereocenters. The molecule has 0 saturated carbocycles. The molecule has 9 heteroatoms. The lowest BCUT2D eigenvalue weighted by atomic mass is 10.2. The second-order valence-corrected chi connectivity index (χ2v) is 4.56. The number of ether oxygens (including phenoxy) is 2. The number of anilines is 1. The molecule has 1 aromatic rings. The number of carbonyl (C=O) groups excluding carboxylic acids is 1. The Hall–Kier alpha value is -3.12. The number of non-ortho nitro benzene ring substituents is 1. The second kappa shape index (κ2) is 9.81. The number of carbonyl (C=O) groups is 1. The largest absolute Gasteiger partial charge is 0.495 e. The molecule has 0 saturated heterocycles. The second-order valence-electron chi connectivity index (χ2n) is 4.56. The molecule has 0 bridgehead atoms. The van der Waals surface area contributed by atoms with Gasteiger partial charge in [-0.15, -0.1) is 0 Å². The Kier molecular flexibility index (Phi) is 7.73. The van der Waals surface area contributed by atoms with Crippen LogP contribution in [0.4, 0.5) is 11.4 Å². The molecule has 9 nitrogen and oxygen atoms in total. The number of nitriles is 1. The van der Waals surface area contributed by atoms with Crippen LogP contribution in [0.3, 0.4) is 0 Å². The summed E-state index contributed by atoms with van der Waals surface area (Å²) in [6, 6.07) is 5.73. The Labute approximate surface area is 139 Å². The van der Waals surface area contributed by atoms with Gasteiger partial charge in [0.15, 0.2) is 0 Å². The Balaban J connectivity index is 2.84. The average Bonchev–Trinajstić information content (AvgIpc) is 2.59. The van der Waals surface area contributed by atoms with Crippen LogP contribution >= 0.6 is 0 Å². The van der Waals surface area contributed by atoms with Crippen LogP contribution in [0.2, 0.25) is 0 Å². The number of nitro benzene ring substituents is 1. The van der Waals surface area contributed by atoms with Crippen LogP contribution < -0.4 is 15.4 Å². The van der Waals surface area contributed by atoms with Crippen molar-refractivity contribution < 1.29 is 19.2 Å². The van der Waals surface area contributed by atoms with Crippen LogP contribution in [-0.4, -0.2) is 38.2 Å². The highest BCUT2D eigenvalue weighted by molar-refractivity contribution is 5.97. The summed E-state index contributed by atoms with van der Waals surface area (Å²) < 4.78 is 9.95. The number of methoxy groups -OCH3 is 2. The van der Waals surface area contributed by atoms with Crippen LogP contribution in [-0.2, 0) is 9.53 Å². The van der Waals surface area contributed by atoms with Gasteiger partial charge in [0, 0.05) is 38.6 Å². The van der Waals surface area contributed by atoms with E-state index in [1.54, 1.807) is 13.2 Å². The van der Waals surface area contributed by atoms with E-state index in [0.29, 0.717) is 25.3 Å². The molecular weight excluding hydrogens is 316 g/mol. The van der Waals surface area contributed by atoms with E-state index in [1.807, 2.05) is 0 Å². The third-order valence-corrected chi connectivity index (χ3v) is 2.94. The van der Waals surface area contributed by atoms with E-state index >= 15 is 0 Å². The van der Waals surface area contributed by atoms with E-state index in [4.69, 9.17) is 14.7 Å².